The van der Waals surface area contributed by atoms with Crippen LogP contribution in [0, 0.1) is 0 Å². The first-order chi connectivity index (χ1) is 11.0. The second kappa shape index (κ2) is 5.64. The molecule has 1 aromatic carbocycles. The van der Waals surface area contributed by atoms with Gasteiger partial charge in [-0.2, -0.15) is 10.1 Å². The number of aromatic nitrogens is 3. The van der Waals surface area contributed by atoms with E-state index in [2.05, 4.69) is 15.4 Å². The van der Waals surface area contributed by atoms with Crippen LogP contribution in [-0.2, 0) is 9.53 Å². The van der Waals surface area contributed by atoms with E-state index in [1.165, 1.54) is 23.1 Å². The van der Waals surface area contributed by atoms with Crippen molar-refractivity contribution in [1.29, 1.82) is 0 Å². The Morgan fingerprint density at radius 1 is 1.39 bits per heavy atom. The van der Waals surface area contributed by atoms with Crippen LogP contribution in [0.4, 0.5) is 5.95 Å². The third-order valence-corrected chi connectivity index (χ3v) is 3.60. The summed E-state index contributed by atoms with van der Waals surface area (Å²) in [5.41, 5.74) is 1.55. The number of anilines is 1. The van der Waals surface area contributed by atoms with E-state index < -0.39 is 12.0 Å². The van der Waals surface area contributed by atoms with Gasteiger partial charge in [0, 0.05) is 5.70 Å². The molecule has 23 heavy (non-hydrogen) atoms. The number of phenolic OH excluding ortho intramolecular Hbond substituents is 2. The number of carbonyl (C=O) groups is 1. The predicted molar refractivity (Wildman–Crippen MR) is 80.9 cm³/mol. The summed E-state index contributed by atoms with van der Waals surface area (Å²) in [6, 6.07) is 3.76. The van der Waals surface area contributed by atoms with E-state index in [1.807, 2.05) is 0 Å². The number of benzene rings is 1. The zero-order valence-corrected chi connectivity index (χ0v) is 12.6. The van der Waals surface area contributed by atoms with Crippen LogP contribution in [0.3, 0.4) is 0 Å². The number of rotatable bonds is 3. The Kier molecular flexibility index (Phi) is 3.65. The fourth-order valence-electron chi connectivity index (χ4n) is 2.58. The van der Waals surface area contributed by atoms with Gasteiger partial charge in [-0.25, -0.2) is 9.48 Å². The van der Waals surface area contributed by atoms with Gasteiger partial charge in [-0.3, -0.25) is 0 Å². The van der Waals surface area contributed by atoms with Gasteiger partial charge in [-0.05, 0) is 31.5 Å². The number of hydrogen-bond acceptors (Lipinski definition) is 7. The summed E-state index contributed by atoms with van der Waals surface area (Å²) in [7, 11) is 0. The quantitative estimate of drug-likeness (QED) is 0.582. The molecule has 120 valence electrons. The van der Waals surface area contributed by atoms with E-state index in [4.69, 9.17) is 4.74 Å². The Morgan fingerprint density at radius 3 is 2.87 bits per heavy atom. The molecule has 0 aliphatic carbocycles. The first-order valence-corrected chi connectivity index (χ1v) is 7.09. The van der Waals surface area contributed by atoms with E-state index in [0.717, 1.165) is 0 Å². The SMILES string of the molecule is CCOC(=O)C1=C(C)Nc2ncnn2[C@H]1c1ccc(O)c(O)c1. The number of ether oxygens (including phenoxy) is 1. The fourth-order valence-corrected chi connectivity index (χ4v) is 2.58. The number of fused-ring (bicyclic) bond motifs is 1. The third kappa shape index (κ3) is 2.48. The summed E-state index contributed by atoms with van der Waals surface area (Å²) in [5.74, 6) is -0.507. The van der Waals surface area contributed by atoms with Crippen LogP contribution in [0.15, 0.2) is 35.8 Å². The zero-order chi connectivity index (χ0) is 16.6. The highest BCUT2D eigenvalue weighted by Crippen LogP contribution is 2.37. The zero-order valence-electron chi connectivity index (χ0n) is 12.6. The lowest BCUT2D eigenvalue weighted by Crippen LogP contribution is -2.29. The van der Waals surface area contributed by atoms with Gasteiger partial charge in [0.05, 0.1) is 12.2 Å². The average Bonchev–Trinajstić information content (AvgIpc) is 2.96. The normalized spacial score (nSPS) is 16.7. The highest BCUT2D eigenvalue weighted by atomic mass is 16.5. The van der Waals surface area contributed by atoms with Crippen molar-refractivity contribution in [1.82, 2.24) is 14.8 Å². The molecule has 0 fully saturated rings. The molecule has 8 heteroatoms. The molecule has 1 aliphatic heterocycles. The molecule has 1 atom stereocenters. The maximum atomic E-state index is 12.4. The molecule has 0 radical (unpaired) electrons. The van der Waals surface area contributed by atoms with Crippen molar-refractivity contribution < 1.29 is 19.7 Å². The molecule has 0 saturated carbocycles. The van der Waals surface area contributed by atoms with Crippen LogP contribution in [0.5, 0.6) is 11.5 Å². The van der Waals surface area contributed by atoms with Gasteiger partial charge in [0.15, 0.2) is 11.5 Å². The minimum atomic E-state index is -0.612. The summed E-state index contributed by atoms with van der Waals surface area (Å²) < 4.78 is 6.67. The van der Waals surface area contributed by atoms with Crippen molar-refractivity contribution in [3.05, 3.63) is 41.4 Å². The standard InChI is InChI=1S/C15H16N4O4/c1-3-23-14(22)12-8(2)18-15-16-7-17-19(15)13(12)9-4-5-10(20)11(21)6-9/h4-7,13,20-21H,3H2,1-2H3,(H,16,17,18)/t13-/m0/s1. The molecule has 0 amide bonds. The smallest absolute Gasteiger partial charge is 0.338 e. The summed E-state index contributed by atoms with van der Waals surface area (Å²) in [6.07, 6.45) is 1.37. The maximum Gasteiger partial charge on any atom is 0.338 e. The van der Waals surface area contributed by atoms with E-state index in [0.29, 0.717) is 22.8 Å². The maximum absolute atomic E-state index is 12.4. The lowest BCUT2D eigenvalue weighted by Gasteiger charge is -2.28. The molecular weight excluding hydrogens is 300 g/mol. The minimum Gasteiger partial charge on any atom is -0.504 e. The van der Waals surface area contributed by atoms with Crippen LogP contribution in [0.25, 0.3) is 0 Å². The summed E-state index contributed by atoms with van der Waals surface area (Å²) >= 11 is 0. The summed E-state index contributed by atoms with van der Waals surface area (Å²) in [4.78, 5) is 16.5. The highest BCUT2D eigenvalue weighted by Gasteiger charge is 2.34. The van der Waals surface area contributed by atoms with Gasteiger partial charge >= 0.3 is 5.97 Å². The van der Waals surface area contributed by atoms with Crippen molar-refractivity contribution in [3.63, 3.8) is 0 Å². The first kappa shape index (κ1) is 14.9. The Labute approximate surface area is 132 Å². The molecule has 0 spiro atoms. The minimum absolute atomic E-state index is 0.236. The molecule has 3 rings (SSSR count). The van der Waals surface area contributed by atoms with Crippen molar-refractivity contribution in [2.45, 2.75) is 19.9 Å². The van der Waals surface area contributed by atoms with Gasteiger partial charge in [0.1, 0.15) is 12.4 Å². The second-order valence-electron chi connectivity index (χ2n) is 5.06. The average molecular weight is 316 g/mol. The molecule has 2 aromatic rings. The lowest BCUT2D eigenvalue weighted by molar-refractivity contribution is -0.139. The van der Waals surface area contributed by atoms with Gasteiger partial charge in [-0.1, -0.05) is 6.07 Å². The van der Waals surface area contributed by atoms with Gasteiger partial charge in [-0.15, -0.1) is 0 Å². The third-order valence-electron chi connectivity index (χ3n) is 3.60. The van der Waals surface area contributed by atoms with E-state index >= 15 is 0 Å². The fraction of sp³-hybridized carbons (Fsp3) is 0.267. The van der Waals surface area contributed by atoms with Gasteiger partial charge < -0.3 is 20.3 Å². The Morgan fingerprint density at radius 2 is 2.17 bits per heavy atom. The van der Waals surface area contributed by atoms with Crippen molar-refractivity contribution >= 4 is 11.9 Å². The van der Waals surface area contributed by atoms with Crippen LogP contribution in [0.1, 0.15) is 25.5 Å². The molecule has 1 aliphatic rings. The van der Waals surface area contributed by atoms with Crippen molar-refractivity contribution in [3.8, 4) is 11.5 Å². The van der Waals surface area contributed by atoms with E-state index in [-0.39, 0.29) is 18.1 Å². The molecule has 0 saturated heterocycles. The van der Waals surface area contributed by atoms with Crippen molar-refractivity contribution in [2.75, 3.05) is 11.9 Å². The van der Waals surface area contributed by atoms with E-state index in [1.54, 1.807) is 19.9 Å². The largest absolute Gasteiger partial charge is 0.504 e. The number of aromatic hydroxyl groups is 2. The number of allylic oxidation sites excluding steroid dienone is 1. The highest BCUT2D eigenvalue weighted by molar-refractivity contribution is 5.92. The monoisotopic (exact) mass is 316 g/mol. The number of hydrogen-bond donors (Lipinski definition) is 3. The lowest BCUT2D eigenvalue weighted by atomic mass is 9.95. The van der Waals surface area contributed by atoms with Crippen LogP contribution < -0.4 is 5.32 Å². The number of nitrogens with zero attached hydrogens (tertiary/aromatic N) is 3. The number of carbonyl (C=O) groups excluding carboxylic acids is 1. The second-order valence-corrected chi connectivity index (χ2v) is 5.06. The molecule has 1 aromatic heterocycles. The van der Waals surface area contributed by atoms with Gasteiger partial charge in [0.2, 0.25) is 5.95 Å². The first-order valence-electron chi connectivity index (χ1n) is 7.09. The number of nitrogens with one attached hydrogen (secondary N) is 1. The Bertz CT molecular complexity index is 797. The summed E-state index contributed by atoms with van der Waals surface area (Å²) in [5, 5.41) is 26.5. The number of phenols is 2. The Balaban J connectivity index is 2.16. The number of esters is 1. The molecule has 0 bridgehead atoms. The van der Waals surface area contributed by atoms with Gasteiger partial charge in [0.25, 0.3) is 0 Å². The van der Waals surface area contributed by atoms with Crippen LogP contribution in [-0.4, -0.2) is 37.6 Å². The molecule has 2 heterocycles. The summed E-state index contributed by atoms with van der Waals surface area (Å²) in [6.45, 7) is 3.72. The molecule has 8 nitrogen and oxygen atoms in total. The predicted octanol–water partition coefficient (Wildman–Crippen LogP) is 1.54. The van der Waals surface area contributed by atoms with Crippen LogP contribution >= 0.6 is 0 Å². The van der Waals surface area contributed by atoms with Crippen molar-refractivity contribution in [2.24, 2.45) is 0 Å². The Hall–Kier alpha value is -3.03. The topological polar surface area (TPSA) is 110 Å². The molecular formula is C15H16N4O4. The molecule has 3 N–H and O–H groups in total. The van der Waals surface area contributed by atoms with E-state index in [9.17, 15) is 15.0 Å². The molecule has 0 unspecified atom stereocenters. The van der Waals surface area contributed by atoms with Crippen LogP contribution in [0.2, 0.25) is 0 Å².